The van der Waals surface area contributed by atoms with Crippen LogP contribution >= 0.6 is 11.3 Å². The number of methoxy groups -OCH3 is 2. The number of ether oxygens (including phenoxy) is 2. The monoisotopic (exact) mass is 320 g/mol. The number of anilines is 1. The summed E-state index contributed by atoms with van der Waals surface area (Å²) in [6, 6.07) is 9.37. The molecule has 1 aromatic carbocycles. The number of thiophene rings is 1. The largest absolute Gasteiger partial charge is 0.497 e. The van der Waals surface area contributed by atoms with E-state index in [9.17, 15) is 4.79 Å². The molecule has 1 aromatic heterocycles. The van der Waals surface area contributed by atoms with Gasteiger partial charge in [0.15, 0.2) is 0 Å². The summed E-state index contributed by atoms with van der Waals surface area (Å²) in [4.78, 5) is 15.4. The van der Waals surface area contributed by atoms with E-state index in [1.807, 2.05) is 23.4 Å². The van der Waals surface area contributed by atoms with Crippen LogP contribution in [0.5, 0.6) is 11.5 Å². The molecule has 0 aliphatic carbocycles. The van der Waals surface area contributed by atoms with Crippen molar-refractivity contribution in [3.63, 3.8) is 0 Å². The lowest BCUT2D eigenvalue weighted by Crippen LogP contribution is -2.29. The van der Waals surface area contributed by atoms with Crippen LogP contribution < -0.4 is 14.8 Å². The maximum atomic E-state index is 12.2. The molecule has 6 heteroatoms. The van der Waals surface area contributed by atoms with Gasteiger partial charge in [-0.3, -0.25) is 9.69 Å². The number of carbonyl (C=O) groups excluding carboxylic acids is 1. The number of rotatable bonds is 7. The van der Waals surface area contributed by atoms with E-state index in [1.54, 1.807) is 43.8 Å². The highest BCUT2D eigenvalue weighted by Crippen LogP contribution is 2.28. The topological polar surface area (TPSA) is 50.8 Å². The number of hydrogen-bond acceptors (Lipinski definition) is 5. The quantitative estimate of drug-likeness (QED) is 0.852. The van der Waals surface area contributed by atoms with Crippen molar-refractivity contribution in [2.24, 2.45) is 0 Å². The summed E-state index contributed by atoms with van der Waals surface area (Å²) in [5, 5.41) is 4.90. The standard InChI is InChI=1S/C16H20N2O3S/c1-18(10-13-5-4-8-22-13)11-16(19)17-14-9-12(20-2)6-7-15(14)21-3/h4-9H,10-11H2,1-3H3,(H,17,19). The number of benzene rings is 1. The summed E-state index contributed by atoms with van der Waals surface area (Å²) in [5.41, 5.74) is 0.608. The number of amides is 1. The van der Waals surface area contributed by atoms with E-state index in [4.69, 9.17) is 9.47 Å². The Morgan fingerprint density at radius 2 is 2.09 bits per heavy atom. The zero-order valence-corrected chi connectivity index (χ0v) is 13.8. The summed E-state index contributed by atoms with van der Waals surface area (Å²) >= 11 is 1.68. The molecule has 0 aliphatic rings. The van der Waals surface area contributed by atoms with Gasteiger partial charge in [-0.2, -0.15) is 0 Å². The molecule has 0 radical (unpaired) electrons. The second kappa shape index (κ2) is 7.82. The molecule has 0 saturated carbocycles. The molecule has 0 bridgehead atoms. The molecule has 0 unspecified atom stereocenters. The average molecular weight is 320 g/mol. The number of hydrogen-bond donors (Lipinski definition) is 1. The number of nitrogens with zero attached hydrogens (tertiary/aromatic N) is 1. The van der Waals surface area contributed by atoms with Crippen LogP contribution in [0.15, 0.2) is 35.7 Å². The normalized spacial score (nSPS) is 10.5. The van der Waals surface area contributed by atoms with Crippen LogP contribution in [0.4, 0.5) is 5.69 Å². The first-order chi connectivity index (χ1) is 10.6. The maximum Gasteiger partial charge on any atom is 0.238 e. The number of nitrogens with one attached hydrogen (secondary N) is 1. The third kappa shape index (κ3) is 4.47. The number of carbonyl (C=O) groups is 1. The summed E-state index contributed by atoms with van der Waals surface area (Å²) < 4.78 is 10.4. The van der Waals surface area contributed by atoms with Gasteiger partial charge in [-0.1, -0.05) is 6.07 Å². The van der Waals surface area contributed by atoms with E-state index in [0.717, 1.165) is 6.54 Å². The highest BCUT2D eigenvalue weighted by atomic mass is 32.1. The van der Waals surface area contributed by atoms with Crippen LogP contribution in [0.25, 0.3) is 0 Å². The second-order valence-electron chi connectivity index (χ2n) is 4.87. The van der Waals surface area contributed by atoms with Crippen molar-refractivity contribution in [2.45, 2.75) is 6.54 Å². The van der Waals surface area contributed by atoms with Crippen LogP contribution in [-0.4, -0.2) is 38.6 Å². The van der Waals surface area contributed by atoms with Crippen molar-refractivity contribution in [3.8, 4) is 11.5 Å². The fourth-order valence-electron chi connectivity index (χ4n) is 2.07. The summed E-state index contributed by atoms with van der Waals surface area (Å²) in [6.07, 6.45) is 0. The number of likely N-dealkylation sites (N-methyl/N-ethyl adjacent to an activating group) is 1. The highest BCUT2D eigenvalue weighted by molar-refractivity contribution is 7.09. The molecule has 0 fully saturated rings. The fourth-order valence-corrected chi connectivity index (χ4v) is 2.86. The molecule has 0 aliphatic heterocycles. The predicted octanol–water partition coefficient (Wildman–Crippen LogP) is 2.84. The van der Waals surface area contributed by atoms with E-state index < -0.39 is 0 Å². The Balaban J connectivity index is 1.96. The molecule has 0 spiro atoms. The Labute approximate surface area is 134 Å². The van der Waals surface area contributed by atoms with E-state index in [0.29, 0.717) is 23.7 Å². The molecule has 1 amide bonds. The van der Waals surface area contributed by atoms with Crippen LogP contribution in [0, 0.1) is 0 Å². The maximum absolute atomic E-state index is 12.2. The zero-order chi connectivity index (χ0) is 15.9. The zero-order valence-electron chi connectivity index (χ0n) is 13.0. The van der Waals surface area contributed by atoms with Gasteiger partial charge in [-0.05, 0) is 30.6 Å². The molecule has 118 valence electrons. The Morgan fingerprint density at radius 3 is 2.73 bits per heavy atom. The Kier molecular flexibility index (Phi) is 5.80. The van der Waals surface area contributed by atoms with E-state index in [2.05, 4.69) is 11.4 Å². The van der Waals surface area contributed by atoms with Crippen molar-refractivity contribution < 1.29 is 14.3 Å². The summed E-state index contributed by atoms with van der Waals surface area (Å²) in [6.45, 7) is 1.05. The van der Waals surface area contributed by atoms with Gasteiger partial charge in [-0.25, -0.2) is 0 Å². The lowest BCUT2D eigenvalue weighted by atomic mass is 10.2. The molecule has 5 nitrogen and oxygen atoms in total. The van der Waals surface area contributed by atoms with Gasteiger partial charge >= 0.3 is 0 Å². The fraction of sp³-hybridized carbons (Fsp3) is 0.312. The van der Waals surface area contributed by atoms with Crippen LogP contribution in [-0.2, 0) is 11.3 Å². The van der Waals surface area contributed by atoms with Crippen molar-refractivity contribution in [3.05, 3.63) is 40.6 Å². The van der Waals surface area contributed by atoms with Gasteiger partial charge in [0.25, 0.3) is 0 Å². The molecular weight excluding hydrogens is 300 g/mol. The van der Waals surface area contributed by atoms with Gasteiger partial charge in [0.1, 0.15) is 11.5 Å². The second-order valence-corrected chi connectivity index (χ2v) is 5.90. The summed E-state index contributed by atoms with van der Waals surface area (Å²) in [7, 11) is 5.07. The first kappa shape index (κ1) is 16.3. The third-order valence-corrected chi connectivity index (χ3v) is 3.96. The minimum atomic E-state index is -0.0920. The van der Waals surface area contributed by atoms with Gasteiger partial charge in [0.05, 0.1) is 26.5 Å². The van der Waals surface area contributed by atoms with E-state index >= 15 is 0 Å². The van der Waals surface area contributed by atoms with Gasteiger partial charge in [0.2, 0.25) is 5.91 Å². The highest BCUT2D eigenvalue weighted by Gasteiger charge is 2.11. The first-order valence-electron chi connectivity index (χ1n) is 6.85. The minimum absolute atomic E-state index is 0.0920. The molecule has 1 N–H and O–H groups in total. The molecule has 1 heterocycles. The smallest absolute Gasteiger partial charge is 0.238 e. The Morgan fingerprint density at radius 1 is 1.27 bits per heavy atom. The van der Waals surface area contributed by atoms with Crippen LogP contribution in [0.2, 0.25) is 0 Å². The van der Waals surface area contributed by atoms with E-state index in [-0.39, 0.29) is 5.91 Å². The van der Waals surface area contributed by atoms with E-state index in [1.165, 1.54) is 4.88 Å². The van der Waals surface area contributed by atoms with Crippen LogP contribution in [0.1, 0.15) is 4.88 Å². The average Bonchev–Trinajstić information content (AvgIpc) is 2.99. The Bertz CT molecular complexity index is 614. The molecule has 0 atom stereocenters. The first-order valence-corrected chi connectivity index (χ1v) is 7.73. The molecule has 2 rings (SSSR count). The third-order valence-electron chi connectivity index (χ3n) is 3.10. The van der Waals surface area contributed by atoms with Crippen molar-refractivity contribution in [1.29, 1.82) is 0 Å². The molecule has 0 saturated heterocycles. The minimum Gasteiger partial charge on any atom is -0.497 e. The van der Waals surface area contributed by atoms with Crippen molar-refractivity contribution in [2.75, 3.05) is 33.1 Å². The molecular formula is C16H20N2O3S. The molecule has 22 heavy (non-hydrogen) atoms. The lowest BCUT2D eigenvalue weighted by Gasteiger charge is -2.16. The lowest BCUT2D eigenvalue weighted by molar-refractivity contribution is -0.117. The van der Waals surface area contributed by atoms with Crippen molar-refractivity contribution >= 4 is 22.9 Å². The van der Waals surface area contributed by atoms with Gasteiger partial charge in [0, 0.05) is 17.5 Å². The van der Waals surface area contributed by atoms with Gasteiger partial charge in [-0.15, -0.1) is 11.3 Å². The van der Waals surface area contributed by atoms with Crippen LogP contribution in [0.3, 0.4) is 0 Å². The Hall–Kier alpha value is -2.05. The summed E-state index contributed by atoms with van der Waals surface area (Å²) in [5.74, 6) is 1.18. The molecule has 2 aromatic rings. The SMILES string of the molecule is COc1ccc(OC)c(NC(=O)CN(C)Cc2cccs2)c1. The van der Waals surface area contributed by atoms with Gasteiger partial charge < -0.3 is 14.8 Å². The predicted molar refractivity (Wildman–Crippen MR) is 88.8 cm³/mol. The van der Waals surface area contributed by atoms with Crippen molar-refractivity contribution in [1.82, 2.24) is 4.90 Å².